The molecule has 0 aromatic carbocycles. The molecule has 15 heavy (non-hydrogen) atoms. The van der Waals surface area contributed by atoms with E-state index < -0.39 is 0 Å². The molecule has 0 saturated carbocycles. The largest absolute Gasteiger partial charge is 0.488 e. The van der Waals surface area contributed by atoms with Gasteiger partial charge in [-0.3, -0.25) is 4.68 Å². The summed E-state index contributed by atoms with van der Waals surface area (Å²) in [7, 11) is 3.97. The van der Waals surface area contributed by atoms with Gasteiger partial charge in [0.1, 0.15) is 12.7 Å². The Hall–Kier alpha value is -1.07. The molecule has 0 spiro atoms. The molecule has 0 amide bonds. The number of nitrogens with zero attached hydrogens (tertiary/aromatic N) is 3. The van der Waals surface area contributed by atoms with Crippen LogP contribution in [0.2, 0.25) is 0 Å². The van der Waals surface area contributed by atoms with E-state index in [0.29, 0.717) is 6.61 Å². The first-order chi connectivity index (χ1) is 7.24. The normalized spacial score (nSPS) is 22.9. The van der Waals surface area contributed by atoms with Crippen LogP contribution in [-0.4, -0.2) is 54.1 Å². The minimum Gasteiger partial charge on any atom is -0.488 e. The number of ether oxygens (including phenoxy) is 2. The second-order valence-corrected chi connectivity index (χ2v) is 3.92. The topological polar surface area (TPSA) is 39.5 Å². The first-order valence-electron chi connectivity index (χ1n) is 5.15. The van der Waals surface area contributed by atoms with Gasteiger partial charge in [-0.2, -0.15) is 5.10 Å². The van der Waals surface area contributed by atoms with Crippen molar-refractivity contribution >= 4 is 0 Å². The van der Waals surface area contributed by atoms with Crippen LogP contribution < -0.4 is 4.74 Å². The van der Waals surface area contributed by atoms with E-state index in [2.05, 4.69) is 17.0 Å². The molecule has 1 aromatic heterocycles. The molecule has 0 radical (unpaired) electrons. The number of rotatable bonds is 3. The molecule has 0 N–H and O–H groups in total. The highest BCUT2D eigenvalue weighted by molar-refractivity contribution is 5.11. The highest BCUT2D eigenvalue weighted by atomic mass is 16.5. The van der Waals surface area contributed by atoms with Crippen LogP contribution in [0.25, 0.3) is 0 Å². The maximum Gasteiger partial charge on any atom is 0.157 e. The summed E-state index contributed by atoms with van der Waals surface area (Å²) in [5.41, 5.74) is 0. The fourth-order valence-corrected chi connectivity index (χ4v) is 1.63. The van der Waals surface area contributed by atoms with Crippen molar-refractivity contribution in [2.45, 2.75) is 6.10 Å². The number of aromatic nitrogens is 2. The fraction of sp³-hybridized carbons (Fsp3) is 0.700. The number of morpholine rings is 1. The van der Waals surface area contributed by atoms with E-state index in [1.165, 1.54) is 0 Å². The quantitative estimate of drug-likeness (QED) is 0.712. The number of likely N-dealkylation sites (N-methyl/N-ethyl adjacent to an activating group) is 1. The van der Waals surface area contributed by atoms with E-state index in [0.717, 1.165) is 25.4 Å². The average Bonchev–Trinajstić information content (AvgIpc) is 2.62. The molecule has 1 aliphatic rings. The lowest BCUT2D eigenvalue weighted by molar-refractivity contribution is -0.0403. The Bertz CT molecular complexity index is 313. The zero-order chi connectivity index (χ0) is 10.7. The fourth-order valence-electron chi connectivity index (χ4n) is 1.63. The van der Waals surface area contributed by atoms with E-state index in [9.17, 15) is 0 Å². The third-order valence-electron chi connectivity index (χ3n) is 2.46. The number of hydrogen-bond donors (Lipinski definition) is 0. The van der Waals surface area contributed by atoms with Gasteiger partial charge in [-0.1, -0.05) is 0 Å². The van der Waals surface area contributed by atoms with Gasteiger partial charge in [-0.15, -0.1) is 0 Å². The van der Waals surface area contributed by atoms with Crippen molar-refractivity contribution < 1.29 is 9.47 Å². The molecule has 2 heterocycles. The molecular weight excluding hydrogens is 194 g/mol. The molecule has 1 fully saturated rings. The van der Waals surface area contributed by atoms with Gasteiger partial charge < -0.3 is 14.4 Å². The second kappa shape index (κ2) is 4.63. The molecule has 0 aliphatic carbocycles. The lowest BCUT2D eigenvalue weighted by Crippen LogP contribution is -2.42. The summed E-state index contributed by atoms with van der Waals surface area (Å²) in [6.07, 6.45) is 3.74. The van der Waals surface area contributed by atoms with Crippen molar-refractivity contribution in [2.75, 3.05) is 33.4 Å². The third-order valence-corrected chi connectivity index (χ3v) is 2.46. The van der Waals surface area contributed by atoms with Crippen LogP contribution >= 0.6 is 0 Å². The van der Waals surface area contributed by atoms with Crippen molar-refractivity contribution in [3.8, 4) is 5.75 Å². The molecule has 84 valence electrons. The summed E-state index contributed by atoms with van der Waals surface area (Å²) >= 11 is 0. The van der Waals surface area contributed by atoms with Gasteiger partial charge in [-0.25, -0.2) is 0 Å². The van der Waals surface area contributed by atoms with Crippen LogP contribution in [0.1, 0.15) is 0 Å². The summed E-state index contributed by atoms with van der Waals surface area (Å²) in [6.45, 7) is 3.32. The lowest BCUT2D eigenvalue weighted by atomic mass is 10.3. The summed E-state index contributed by atoms with van der Waals surface area (Å²) in [4.78, 5) is 2.25. The van der Waals surface area contributed by atoms with E-state index >= 15 is 0 Å². The SMILES string of the molecule is CN1CCOC(COc2cnn(C)c2)C1. The van der Waals surface area contributed by atoms with Gasteiger partial charge in [0, 0.05) is 20.1 Å². The van der Waals surface area contributed by atoms with Crippen LogP contribution in [0.4, 0.5) is 0 Å². The smallest absolute Gasteiger partial charge is 0.157 e. The Morgan fingerprint density at radius 2 is 2.47 bits per heavy atom. The minimum absolute atomic E-state index is 0.170. The molecule has 5 heteroatoms. The highest BCUT2D eigenvalue weighted by Gasteiger charge is 2.18. The molecule has 1 saturated heterocycles. The van der Waals surface area contributed by atoms with Crippen molar-refractivity contribution in [3.63, 3.8) is 0 Å². The van der Waals surface area contributed by atoms with E-state index in [4.69, 9.17) is 9.47 Å². The highest BCUT2D eigenvalue weighted by Crippen LogP contribution is 2.09. The summed E-state index contributed by atoms with van der Waals surface area (Å²) < 4.78 is 12.9. The maximum atomic E-state index is 5.58. The summed E-state index contributed by atoms with van der Waals surface area (Å²) in [5, 5.41) is 4.04. The first-order valence-corrected chi connectivity index (χ1v) is 5.15. The van der Waals surface area contributed by atoms with Gasteiger partial charge in [0.2, 0.25) is 0 Å². The first kappa shape index (κ1) is 10.4. The molecule has 5 nitrogen and oxygen atoms in total. The Balaban J connectivity index is 1.77. The molecule has 1 unspecified atom stereocenters. The molecular formula is C10H17N3O2. The van der Waals surface area contributed by atoms with Crippen LogP contribution in [0.3, 0.4) is 0 Å². The predicted molar refractivity (Wildman–Crippen MR) is 55.9 cm³/mol. The zero-order valence-electron chi connectivity index (χ0n) is 9.22. The Morgan fingerprint density at radius 1 is 1.60 bits per heavy atom. The lowest BCUT2D eigenvalue weighted by Gasteiger charge is -2.29. The Kier molecular flexibility index (Phi) is 3.23. The van der Waals surface area contributed by atoms with Crippen LogP contribution in [0.15, 0.2) is 12.4 Å². The third kappa shape index (κ3) is 2.94. The van der Waals surface area contributed by atoms with Crippen molar-refractivity contribution in [1.82, 2.24) is 14.7 Å². The second-order valence-electron chi connectivity index (χ2n) is 3.92. The van der Waals surface area contributed by atoms with Crippen LogP contribution in [-0.2, 0) is 11.8 Å². The van der Waals surface area contributed by atoms with Gasteiger partial charge in [0.05, 0.1) is 19.0 Å². The van der Waals surface area contributed by atoms with Crippen molar-refractivity contribution in [2.24, 2.45) is 7.05 Å². The van der Waals surface area contributed by atoms with Gasteiger partial charge in [0.25, 0.3) is 0 Å². The van der Waals surface area contributed by atoms with Gasteiger partial charge in [-0.05, 0) is 7.05 Å². The van der Waals surface area contributed by atoms with Crippen LogP contribution in [0.5, 0.6) is 5.75 Å². The molecule has 1 atom stereocenters. The molecule has 1 aliphatic heterocycles. The zero-order valence-corrected chi connectivity index (χ0v) is 9.22. The van der Waals surface area contributed by atoms with Crippen LogP contribution in [0, 0.1) is 0 Å². The Morgan fingerprint density at radius 3 is 3.13 bits per heavy atom. The Labute approximate surface area is 89.6 Å². The summed E-state index contributed by atoms with van der Waals surface area (Å²) in [5.74, 6) is 0.800. The molecule has 0 bridgehead atoms. The summed E-state index contributed by atoms with van der Waals surface area (Å²) in [6, 6.07) is 0. The monoisotopic (exact) mass is 211 g/mol. The van der Waals surface area contributed by atoms with E-state index in [1.807, 2.05) is 13.2 Å². The average molecular weight is 211 g/mol. The van der Waals surface area contributed by atoms with Gasteiger partial charge in [0.15, 0.2) is 5.75 Å². The van der Waals surface area contributed by atoms with E-state index in [-0.39, 0.29) is 6.10 Å². The molecule has 2 rings (SSSR count). The number of aryl methyl sites for hydroxylation is 1. The number of hydrogen-bond acceptors (Lipinski definition) is 4. The van der Waals surface area contributed by atoms with Crippen molar-refractivity contribution in [1.29, 1.82) is 0 Å². The standard InChI is InChI=1S/C10H17N3O2/c1-12-3-4-14-10(6-12)8-15-9-5-11-13(2)7-9/h5,7,10H,3-4,6,8H2,1-2H3. The molecule has 1 aromatic rings. The minimum atomic E-state index is 0.170. The van der Waals surface area contributed by atoms with Crippen molar-refractivity contribution in [3.05, 3.63) is 12.4 Å². The predicted octanol–water partition coefficient (Wildman–Crippen LogP) is 0.129. The van der Waals surface area contributed by atoms with Gasteiger partial charge >= 0.3 is 0 Å². The maximum absolute atomic E-state index is 5.58. The van der Waals surface area contributed by atoms with E-state index in [1.54, 1.807) is 10.9 Å².